The van der Waals surface area contributed by atoms with Crippen LogP contribution in [-0.2, 0) is 9.47 Å². The molecule has 19 heavy (non-hydrogen) atoms. The Morgan fingerprint density at radius 3 is 2.95 bits per heavy atom. The van der Waals surface area contributed by atoms with Crippen molar-refractivity contribution in [1.29, 1.82) is 0 Å². The van der Waals surface area contributed by atoms with Gasteiger partial charge in [-0.3, -0.25) is 0 Å². The fourth-order valence-electron chi connectivity index (χ4n) is 3.85. The lowest BCUT2D eigenvalue weighted by molar-refractivity contribution is -0.192. The molecule has 0 bridgehead atoms. The van der Waals surface area contributed by atoms with Gasteiger partial charge in [-0.25, -0.2) is 0 Å². The lowest BCUT2D eigenvalue weighted by atomic mass is 9.75. The Labute approximate surface area is 117 Å². The fraction of sp³-hybridized carbons (Fsp3) is 0.882. The van der Waals surface area contributed by atoms with Crippen LogP contribution in [-0.4, -0.2) is 25.9 Å². The average molecular weight is 264 g/mol. The summed E-state index contributed by atoms with van der Waals surface area (Å²) in [5, 5.41) is 0. The molecule has 4 unspecified atom stereocenters. The van der Waals surface area contributed by atoms with Gasteiger partial charge in [0.25, 0.3) is 0 Å². The zero-order chi connectivity index (χ0) is 13.3. The van der Waals surface area contributed by atoms with E-state index in [0.29, 0.717) is 11.5 Å². The summed E-state index contributed by atoms with van der Waals surface area (Å²) in [5.74, 6) is 2.76. The van der Waals surface area contributed by atoms with Crippen molar-refractivity contribution in [2.24, 2.45) is 23.2 Å². The van der Waals surface area contributed by atoms with Gasteiger partial charge in [0.2, 0.25) is 0 Å². The summed E-state index contributed by atoms with van der Waals surface area (Å²) in [6.07, 6.45) is 12.0. The quantitative estimate of drug-likeness (QED) is 0.555. The van der Waals surface area contributed by atoms with Crippen molar-refractivity contribution in [3.8, 4) is 0 Å². The molecule has 0 radical (unpaired) electrons. The van der Waals surface area contributed by atoms with Crippen LogP contribution in [0.2, 0.25) is 0 Å². The second-order valence-electron chi connectivity index (χ2n) is 7.42. The van der Waals surface area contributed by atoms with Crippen LogP contribution in [0.5, 0.6) is 0 Å². The van der Waals surface area contributed by atoms with Crippen LogP contribution in [0.15, 0.2) is 12.2 Å². The van der Waals surface area contributed by atoms with Crippen molar-refractivity contribution in [2.75, 3.05) is 19.8 Å². The van der Waals surface area contributed by atoms with Gasteiger partial charge in [-0.2, -0.15) is 0 Å². The highest BCUT2D eigenvalue weighted by molar-refractivity contribution is 5.03. The molecule has 2 nitrogen and oxygen atoms in total. The molecule has 2 fully saturated rings. The minimum atomic E-state index is 0.322. The first-order valence-corrected chi connectivity index (χ1v) is 8.01. The Morgan fingerprint density at radius 2 is 2.21 bits per heavy atom. The monoisotopic (exact) mass is 264 g/mol. The molecule has 0 N–H and O–H groups in total. The minimum Gasteiger partial charge on any atom is -0.379 e. The lowest BCUT2D eigenvalue weighted by Crippen LogP contribution is -2.50. The topological polar surface area (TPSA) is 18.5 Å². The Kier molecular flexibility index (Phi) is 4.00. The summed E-state index contributed by atoms with van der Waals surface area (Å²) in [7, 11) is 0. The Morgan fingerprint density at radius 1 is 1.32 bits per heavy atom. The van der Waals surface area contributed by atoms with Gasteiger partial charge in [0.05, 0.1) is 19.3 Å². The van der Waals surface area contributed by atoms with Crippen molar-refractivity contribution < 1.29 is 9.47 Å². The van der Waals surface area contributed by atoms with Crippen molar-refractivity contribution in [3.63, 3.8) is 0 Å². The third kappa shape index (κ3) is 3.05. The summed E-state index contributed by atoms with van der Waals surface area (Å²) >= 11 is 0. The highest BCUT2D eigenvalue weighted by Crippen LogP contribution is 2.41. The van der Waals surface area contributed by atoms with Crippen molar-refractivity contribution in [2.45, 2.75) is 52.1 Å². The molecule has 108 valence electrons. The highest BCUT2D eigenvalue weighted by atomic mass is 16.5. The molecule has 2 heteroatoms. The van der Waals surface area contributed by atoms with E-state index in [0.717, 1.165) is 37.6 Å². The zero-order valence-corrected chi connectivity index (χ0v) is 12.4. The van der Waals surface area contributed by atoms with Crippen LogP contribution in [0.4, 0.5) is 0 Å². The first-order chi connectivity index (χ1) is 9.15. The zero-order valence-electron chi connectivity index (χ0n) is 12.4. The maximum Gasteiger partial charge on any atom is 0.0881 e. The highest BCUT2D eigenvalue weighted by Gasteiger charge is 2.40. The Bertz CT molecular complexity index is 334. The van der Waals surface area contributed by atoms with Crippen LogP contribution in [0.3, 0.4) is 0 Å². The van der Waals surface area contributed by atoms with E-state index in [1.165, 1.54) is 32.1 Å². The average Bonchev–Trinajstić information content (AvgIpc) is 2.84. The SMILES string of the molecule is CC1(C)COC1COCCC1CCC2C=CCC2C1. The number of rotatable bonds is 5. The molecular weight excluding hydrogens is 236 g/mol. The summed E-state index contributed by atoms with van der Waals surface area (Å²) < 4.78 is 11.4. The molecular formula is C17H28O2. The van der Waals surface area contributed by atoms with Crippen molar-refractivity contribution in [3.05, 3.63) is 12.2 Å². The van der Waals surface area contributed by atoms with E-state index in [2.05, 4.69) is 26.0 Å². The van der Waals surface area contributed by atoms with E-state index >= 15 is 0 Å². The van der Waals surface area contributed by atoms with Gasteiger partial charge < -0.3 is 9.47 Å². The molecule has 3 aliphatic rings. The molecule has 1 saturated heterocycles. The number of allylic oxidation sites excluding steroid dienone is 2. The Hall–Kier alpha value is -0.340. The van der Waals surface area contributed by atoms with E-state index in [1.54, 1.807) is 0 Å². The fourth-order valence-corrected chi connectivity index (χ4v) is 3.85. The van der Waals surface area contributed by atoms with Crippen LogP contribution in [0.1, 0.15) is 46.0 Å². The second kappa shape index (κ2) is 5.57. The van der Waals surface area contributed by atoms with E-state index in [1.807, 2.05) is 0 Å². The number of hydrogen-bond donors (Lipinski definition) is 0. The van der Waals surface area contributed by atoms with Crippen LogP contribution < -0.4 is 0 Å². The van der Waals surface area contributed by atoms with Gasteiger partial charge in [-0.15, -0.1) is 0 Å². The summed E-state index contributed by atoms with van der Waals surface area (Å²) in [6.45, 7) is 7.12. The van der Waals surface area contributed by atoms with Crippen LogP contribution >= 0.6 is 0 Å². The maximum atomic E-state index is 5.85. The van der Waals surface area contributed by atoms with E-state index in [-0.39, 0.29) is 0 Å². The van der Waals surface area contributed by atoms with Gasteiger partial charge in [0.15, 0.2) is 0 Å². The molecule has 4 atom stereocenters. The lowest BCUT2D eigenvalue weighted by Gasteiger charge is -2.44. The van der Waals surface area contributed by atoms with Gasteiger partial charge in [0, 0.05) is 12.0 Å². The maximum absolute atomic E-state index is 5.85. The minimum absolute atomic E-state index is 0.322. The van der Waals surface area contributed by atoms with Crippen molar-refractivity contribution >= 4 is 0 Å². The van der Waals surface area contributed by atoms with Gasteiger partial charge >= 0.3 is 0 Å². The van der Waals surface area contributed by atoms with Crippen LogP contribution in [0, 0.1) is 23.2 Å². The third-order valence-corrected chi connectivity index (χ3v) is 5.44. The number of fused-ring (bicyclic) bond motifs is 1. The van der Waals surface area contributed by atoms with E-state index in [9.17, 15) is 0 Å². The smallest absolute Gasteiger partial charge is 0.0881 e. The molecule has 0 amide bonds. The molecule has 0 aromatic carbocycles. The predicted molar refractivity (Wildman–Crippen MR) is 77.0 cm³/mol. The van der Waals surface area contributed by atoms with Gasteiger partial charge in [0.1, 0.15) is 0 Å². The van der Waals surface area contributed by atoms with E-state index in [4.69, 9.17) is 9.47 Å². The molecule has 3 rings (SSSR count). The normalized spacial score (nSPS) is 39.9. The third-order valence-electron chi connectivity index (χ3n) is 5.44. The molecule has 1 heterocycles. The largest absolute Gasteiger partial charge is 0.379 e. The summed E-state index contributed by atoms with van der Waals surface area (Å²) in [5.41, 5.74) is 0.327. The van der Waals surface area contributed by atoms with E-state index < -0.39 is 0 Å². The second-order valence-corrected chi connectivity index (χ2v) is 7.42. The van der Waals surface area contributed by atoms with Crippen molar-refractivity contribution in [1.82, 2.24) is 0 Å². The van der Waals surface area contributed by atoms with Crippen LogP contribution in [0.25, 0.3) is 0 Å². The molecule has 0 aromatic heterocycles. The predicted octanol–water partition coefficient (Wildman–Crippen LogP) is 3.81. The van der Waals surface area contributed by atoms with Gasteiger partial charge in [-0.1, -0.05) is 26.0 Å². The first kappa shape index (κ1) is 13.6. The molecule has 1 aliphatic heterocycles. The summed E-state index contributed by atoms with van der Waals surface area (Å²) in [6, 6.07) is 0. The Balaban J connectivity index is 1.30. The summed E-state index contributed by atoms with van der Waals surface area (Å²) in [4.78, 5) is 0. The molecule has 1 saturated carbocycles. The number of ether oxygens (including phenoxy) is 2. The molecule has 2 aliphatic carbocycles. The molecule has 0 spiro atoms. The molecule has 0 aromatic rings. The van der Waals surface area contributed by atoms with Gasteiger partial charge in [-0.05, 0) is 49.9 Å². The number of hydrogen-bond acceptors (Lipinski definition) is 2. The first-order valence-electron chi connectivity index (χ1n) is 8.01. The standard InChI is InChI=1S/C17H28O2/c1-17(2)12-19-16(17)11-18-9-8-13-6-7-14-4-3-5-15(14)10-13/h3-4,13-16H,5-12H2,1-2H3.